The van der Waals surface area contributed by atoms with Crippen LogP contribution in [-0.2, 0) is 17.8 Å². The van der Waals surface area contributed by atoms with E-state index in [9.17, 15) is 4.79 Å². The molecule has 0 spiro atoms. The number of aryl methyl sites for hydroxylation is 1. The van der Waals surface area contributed by atoms with Crippen LogP contribution in [0.15, 0.2) is 53.0 Å². The van der Waals surface area contributed by atoms with E-state index in [0.29, 0.717) is 6.42 Å². The highest BCUT2D eigenvalue weighted by molar-refractivity contribution is 9.10. The molecule has 1 amide bonds. The van der Waals surface area contributed by atoms with E-state index < -0.39 is 0 Å². The Morgan fingerprint density at radius 1 is 1.04 bits per heavy atom. The summed E-state index contributed by atoms with van der Waals surface area (Å²) in [5, 5.41) is 0. The largest absolute Gasteiger partial charge is 0.340 e. The highest BCUT2D eigenvalue weighted by Gasteiger charge is 2.21. The second-order valence-corrected chi connectivity index (χ2v) is 7.31. The summed E-state index contributed by atoms with van der Waals surface area (Å²) in [4.78, 5) is 17.0. The minimum atomic E-state index is 0.242. The predicted octanol–water partition coefficient (Wildman–Crippen LogP) is 3.64. The van der Waals surface area contributed by atoms with Crippen LogP contribution in [0, 0.1) is 6.92 Å². The van der Waals surface area contributed by atoms with Crippen molar-refractivity contribution in [1.82, 2.24) is 9.80 Å². The molecule has 3 nitrogen and oxygen atoms in total. The van der Waals surface area contributed by atoms with Gasteiger partial charge in [-0.3, -0.25) is 9.69 Å². The van der Waals surface area contributed by atoms with Gasteiger partial charge in [0.05, 0.1) is 6.42 Å². The van der Waals surface area contributed by atoms with Gasteiger partial charge in [0.1, 0.15) is 0 Å². The summed E-state index contributed by atoms with van der Waals surface area (Å²) < 4.78 is 1.12. The normalized spacial score (nSPS) is 15.5. The first-order valence-electron chi connectivity index (χ1n) is 8.41. The third-order valence-electron chi connectivity index (χ3n) is 4.62. The Balaban J connectivity index is 1.51. The average molecular weight is 387 g/mol. The van der Waals surface area contributed by atoms with Gasteiger partial charge in [0.2, 0.25) is 5.91 Å². The molecule has 126 valence electrons. The smallest absolute Gasteiger partial charge is 0.227 e. The maximum atomic E-state index is 12.5. The SMILES string of the molecule is Cc1ccccc1CC(=O)N1CCN(Cc2cccc(Br)c2)CC1. The summed E-state index contributed by atoms with van der Waals surface area (Å²) in [6, 6.07) is 16.6. The summed E-state index contributed by atoms with van der Waals surface area (Å²) in [5.41, 5.74) is 3.64. The number of hydrogen-bond acceptors (Lipinski definition) is 2. The van der Waals surface area contributed by atoms with Crippen molar-refractivity contribution in [1.29, 1.82) is 0 Å². The molecule has 0 N–H and O–H groups in total. The van der Waals surface area contributed by atoms with Gasteiger partial charge in [-0.15, -0.1) is 0 Å². The van der Waals surface area contributed by atoms with Crippen molar-refractivity contribution < 1.29 is 4.79 Å². The van der Waals surface area contributed by atoms with Crippen LogP contribution in [-0.4, -0.2) is 41.9 Å². The summed E-state index contributed by atoms with van der Waals surface area (Å²) >= 11 is 3.52. The monoisotopic (exact) mass is 386 g/mol. The lowest BCUT2D eigenvalue weighted by atomic mass is 10.1. The number of piperazine rings is 1. The Labute approximate surface area is 152 Å². The Bertz CT molecular complexity index is 708. The molecule has 3 rings (SSSR count). The van der Waals surface area contributed by atoms with Crippen molar-refractivity contribution in [2.75, 3.05) is 26.2 Å². The Morgan fingerprint density at radius 2 is 1.79 bits per heavy atom. The number of hydrogen-bond donors (Lipinski definition) is 0. The molecule has 1 saturated heterocycles. The third-order valence-corrected chi connectivity index (χ3v) is 5.12. The maximum absolute atomic E-state index is 12.5. The van der Waals surface area contributed by atoms with Crippen LogP contribution in [0.5, 0.6) is 0 Å². The second kappa shape index (κ2) is 7.95. The molecule has 2 aromatic rings. The zero-order chi connectivity index (χ0) is 16.9. The molecule has 1 fully saturated rings. The first-order valence-corrected chi connectivity index (χ1v) is 9.20. The van der Waals surface area contributed by atoms with E-state index in [4.69, 9.17) is 0 Å². The van der Waals surface area contributed by atoms with Gasteiger partial charge in [-0.2, -0.15) is 0 Å². The summed E-state index contributed by atoms with van der Waals surface area (Å²) in [6.45, 7) is 6.52. The number of carbonyl (C=O) groups is 1. The van der Waals surface area contributed by atoms with Gasteiger partial charge in [-0.05, 0) is 35.7 Å². The van der Waals surface area contributed by atoms with Crippen LogP contribution in [0.4, 0.5) is 0 Å². The summed E-state index contributed by atoms with van der Waals surface area (Å²) in [6.07, 6.45) is 0.512. The lowest BCUT2D eigenvalue weighted by Gasteiger charge is -2.35. The van der Waals surface area contributed by atoms with E-state index in [1.807, 2.05) is 23.1 Å². The lowest BCUT2D eigenvalue weighted by molar-refractivity contribution is -0.132. The highest BCUT2D eigenvalue weighted by atomic mass is 79.9. The molecule has 2 aromatic carbocycles. The molecule has 4 heteroatoms. The minimum absolute atomic E-state index is 0.242. The van der Waals surface area contributed by atoms with Crippen molar-refractivity contribution in [2.24, 2.45) is 0 Å². The fourth-order valence-electron chi connectivity index (χ4n) is 3.13. The first kappa shape index (κ1) is 17.2. The predicted molar refractivity (Wildman–Crippen MR) is 101 cm³/mol. The Hall–Kier alpha value is -1.65. The number of nitrogens with zero attached hydrogens (tertiary/aromatic N) is 2. The number of rotatable bonds is 4. The molecule has 0 atom stereocenters. The zero-order valence-electron chi connectivity index (χ0n) is 14.0. The molecule has 0 radical (unpaired) electrons. The Morgan fingerprint density at radius 3 is 2.50 bits per heavy atom. The summed E-state index contributed by atoms with van der Waals surface area (Å²) in [5.74, 6) is 0.242. The molecule has 0 bridgehead atoms. The average Bonchev–Trinajstić information content (AvgIpc) is 2.57. The van der Waals surface area contributed by atoms with Gasteiger partial charge in [0.15, 0.2) is 0 Å². The van der Waals surface area contributed by atoms with Gasteiger partial charge in [0.25, 0.3) is 0 Å². The van der Waals surface area contributed by atoms with Crippen LogP contribution in [0.2, 0.25) is 0 Å². The molecule has 0 aromatic heterocycles. The van der Waals surface area contributed by atoms with Gasteiger partial charge >= 0.3 is 0 Å². The van der Waals surface area contributed by atoms with Crippen molar-refractivity contribution in [3.8, 4) is 0 Å². The van der Waals surface area contributed by atoms with Gasteiger partial charge < -0.3 is 4.90 Å². The number of carbonyl (C=O) groups excluding carboxylic acids is 1. The van der Waals surface area contributed by atoms with Crippen molar-refractivity contribution in [2.45, 2.75) is 19.9 Å². The molecule has 1 heterocycles. The van der Waals surface area contributed by atoms with Crippen LogP contribution in [0.3, 0.4) is 0 Å². The standard InChI is InChI=1S/C20H23BrN2O/c1-16-5-2-3-7-18(16)14-20(24)23-11-9-22(10-12-23)15-17-6-4-8-19(21)13-17/h2-8,13H,9-12,14-15H2,1H3. The van der Waals surface area contributed by atoms with E-state index in [1.165, 1.54) is 11.1 Å². The maximum Gasteiger partial charge on any atom is 0.227 e. The van der Waals surface area contributed by atoms with E-state index in [0.717, 1.165) is 42.8 Å². The fourth-order valence-corrected chi connectivity index (χ4v) is 3.58. The van der Waals surface area contributed by atoms with Gasteiger partial charge in [-0.25, -0.2) is 0 Å². The van der Waals surface area contributed by atoms with Crippen LogP contribution < -0.4 is 0 Å². The molecule has 0 unspecified atom stereocenters. The molecular weight excluding hydrogens is 364 g/mol. The number of halogens is 1. The topological polar surface area (TPSA) is 23.6 Å². The molecule has 0 aliphatic carbocycles. The highest BCUT2D eigenvalue weighted by Crippen LogP contribution is 2.15. The molecule has 1 aliphatic heterocycles. The fraction of sp³-hybridized carbons (Fsp3) is 0.350. The van der Waals surface area contributed by atoms with Crippen molar-refractivity contribution >= 4 is 21.8 Å². The first-order chi connectivity index (χ1) is 11.6. The quantitative estimate of drug-likeness (QED) is 0.800. The molecule has 1 aliphatic rings. The van der Waals surface area contributed by atoms with E-state index >= 15 is 0 Å². The molecule has 0 saturated carbocycles. The molecule has 24 heavy (non-hydrogen) atoms. The zero-order valence-corrected chi connectivity index (χ0v) is 15.6. The van der Waals surface area contributed by atoms with Crippen molar-refractivity contribution in [3.63, 3.8) is 0 Å². The lowest BCUT2D eigenvalue weighted by Crippen LogP contribution is -2.48. The summed E-state index contributed by atoms with van der Waals surface area (Å²) in [7, 11) is 0. The molecular formula is C20H23BrN2O. The van der Waals surface area contributed by atoms with E-state index in [1.54, 1.807) is 0 Å². The second-order valence-electron chi connectivity index (χ2n) is 6.39. The van der Waals surface area contributed by atoms with E-state index in [-0.39, 0.29) is 5.91 Å². The van der Waals surface area contributed by atoms with Crippen LogP contribution >= 0.6 is 15.9 Å². The van der Waals surface area contributed by atoms with Gasteiger partial charge in [0, 0.05) is 37.2 Å². The third kappa shape index (κ3) is 4.46. The number of amides is 1. The van der Waals surface area contributed by atoms with Crippen LogP contribution in [0.25, 0.3) is 0 Å². The van der Waals surface area contributed by atoms with Crippen LogP contribution in [0.1, 0.15) is 16.7 Å². The Kier molecular flexibility index (Phi) is 5.69. The van der Waals surface area contributed by atoms with E-state index in [2.05, 4.69) is 58.1 Å². The minimum Gasteiger partial charge on any atom is -0.340 e. The van der Waals surface area contributed by atoms with Crippen molar-refractivity contribution in [3.05, 3.63) is 69.7 Å². The number of benzene rings is 2. The van der Waals surface area contributed by atoms with Gasteiger partial charge in [-0.1, -0.05) is 52.3 Å².